The van der Waals surface area contributed by atoms with E-state index in [1.165, 1.54) is 29.5 Å². The molecule has 3 aromatic rings. The molecule has 0 fully saturated rings. The zero-order chi connectivity index (χ0) is 20.2. The van der Waals surface area contributed by atoms with E-state index >= 15 is 0 Å². The summed E-state index contributed by atoms with van der Waals surface area (Å²) in [5.74, 6) is 0.696. The van der Waals surface area contributed by atoms with E-state index in [0.717, 1.165) is 0 Å². The Morgan fingerprint density at radius 2 is 1.04 bits per heavy atom. The van der Waals surface area contributed by atoms with Crippen LogP contribution in [0, 0.1) is 0 Å². The van der Waals surface area contributed by atoms with Crippen LogP contribution in [0.2, 0.25) is 0 Å². The summed E-state index contributed by atoms with van der Waals surface area (Å²) < 4.78 is 0. The molecule has 0 bridgehead atoms. The van der Waals surface area contributed by atoms with E-state index in [2.05, 4.69) is 78.2 Å². The Kier molecular flexibility index (Phi) is 21.4. The van der Waals surface area contributed by atoms with Gasteiger partial charge in [0, 0.05) is 0 Å². The van der Waals surface area contributed by atoms with E-state index in [-0.39, 0.29) is 0 Å². The second kappa shape index (κ2) is 20.4. The molecular formula is C23H38S3. The Hall–Kier alpha value is -0.900. The van der Waals surface area contributed by atoms with Gasteiger partial charge in [0.05, 0.1) is 0 Å². The molecule has 0 atom stereocenters. The van der Waals surface area contributed by atoms with Gasteiger partial charge in [-0.1, -0.05) is 55.4 Å². The Bertz CT molecular complexity index is 512. The molecule has 3 heteroatoms. The largest absolute Gasteiger partial charge is 0.152 e. The highest BCUT2D eigenvalue weighted by molar-refractivity contribution is 7.08. The van der Waals surface area contributed by atoms with Crippen LogP contribution in [0.1, 0.15) is 78.0 Å². The second-order valence-electron chi connectivity index (χ2n) is 5.18. The van der Waals surface area contributed by atoms with Gasteiger partial charge in [0.15, 0.2) is 0 Å². The zero-order valence-corrected chi connectivity index (χ0v) is 20.4. The summed E-state index contributed by atoms with van der Waals surface area (Å²) in [7, 11) is 0. The van der Waals surface area contributed by atoms with Crippen LogP contribution in [0.4, 0.5) is 0 Å². The molecule has 0 saturated carbocycles. The van der Waals surface area contributed by atoms with Crippen molar-refractivity contribution in [3.05, 3.63) is 67.2 Å². The van der Waals surface area contributed by atoms with E-state index in [4.69, 9.17) is 0 Å². The summed E-state index contributed by atoms with van der Waals surface area (Å²) >= 11 is 5.30. The molecule has 0 amide bonds. The van der Waals surface area contributed by atoms with Crippen LogP contribution in [0.25, 0.3) is 0 Å². The van der Waals surface area contributed by atoms with E-state index in [1.54, 1.807) is 34.0 Å². The topological polar surface area (TPSA) is 0 Å². The summed E-state index contributed by atoms with van der Waals surface area (Å²) in [5, 5.41) is 12.9. The maximum absolute atomic E-state index is 2.21. The molecule has 0 saturated heterocycles. The van der Waals surface area contributed by atoms with Crippen LogP contribution in [0.3, 0.4) is 0 Å². The molecule has 3 heterocycles. The summed E-state index contributed by atoms with van der Waals surface area (Å²) in [6, 6.07) is 6.49. The van der Waals surface area contributed by atoms with Crippen molar-refractivity contribution in [2.45, 2.75) is 74.1 Å². The fourth-order valence-corrected chi connectivity index (χ4v) is 3.92. The molecule has 0 aliphatic rings. The number of hydrogen-bond donors (Lipinski definition) is 0. The van der Waals surface area contributed by atoms with E-state index < -0.39 is 0 Å². The van der Waals surface area contributed by atoms with Crippen LogP contribution in [-0.2, 0) is 12.8 Å². The lowest BCUT2D eigenvalue weighted by Gasteiger charge is -1.96. The van der Waals surface area contributed by atoms with Gasteiger partial charge in [-0.25, -0.2) is 0 Å². The number of hydrogen-bond acceptors (Lipinski definition) is 3. The lowest BCUT2D eigenvalue weighted by atomic mass is 10.1. The minimum absolute atomic E-state index is 0.696. The molecule has 26 heavy (non-hydrogen) atoms. The van der Waals surface area contributed by atoms with Crippen molar-refractivity contribution in [2.24, 2.45) is 0 Å². The molecule has 0 unspecified atom stereocenters. The first-order valence-electron chi connectivity index (χ1n) is 9.71. The van der Waals surface area contributed by atoms with Crippen molar-refractivity contribution in [1.29, 1.82) is 0 Å². The number of thiophene rings is 3. The van der Waals surface area contributed by atoms with Crippen LogP contribution >= 0.6 is 34.0 Å². The second-order valence-corrected chi connectivity index (χ2v) is 7.52. The molecule has 0 N–H and O–H groups in total. The van der Waals surface area contributed by atoms with Crippen molar-refractivity contribution < 1.29 is 0 Å². The third-order valence-corrected chi connectivity index (χ3v) is 5.35. The predicted octanol–water partition coefficient (Wildman–Crippen LogP) is 9.54. The fourth-order valence-electron chi connectivity index (χ4n) is 1.59. The predicted molar refractivity (Wildman–Crippen MR) is 128 cm³/mol. The van der Waals surface area contributed by atoms with Gasteiger partial charge >= 0.3 is 0 Å². The molecule has 0 aliphatic carbocycles. The van der Waals surface area contributed by atoms with Gasteiger partial charge in [0.1, 0.15) is 0 Å². The smallest absolute Gasteiger partial charge is 0.00586 e. The van der Waals surface area contributed by atoms with Gasteiger partial charge < -0.3 is 0 Å². The summed E-state index contributed by atoms with van der Waals surface area (Å²) in [6.45, 7) is 16.8. The van der Waals surface area contributed by atoms with Crippen molar-refractivity contribution in [3.63, 3.8) is 0 Å². The normalized spacial score (nSPS) is 8.65. The lowest BCUT2D eigenvalue weighted by molar-refractivity contribution is 0.872. The van der Waals surface area contributed by atoms with Crippen LogP contribution in [0.15, 0.2) is 50.5 Å². The first-order valence-corrected chi connectivity index (χ1v) is 12.5. The molecular weight excluding hydrogens is 372 g/mol. The Labute approximate surface area is 175 Å². The first-order chi connectivity index (χ1) is 12.7. The Morgan fingerprint density at radius 3 is 1.19 bits per heavy atom. The molecule has 0 spiro atoms. The molecule has 3 aromatic heterocycles. The average Bonchev–Trinajstić information content (AvgIpc) is 3.49. The zero-order valence-electron chi connectivity index (χ0n) is 17.9. The van der Waals surface area contributed by atoms with Crippen molar-refractivity contribution >= 4 is 34.0 Å². The molecule has 0 aromatic carbocycles. The highest BCUT2D eigenvalue weighted by atomic mass is 32.1. The van der Waals surface area contributed by atoms with Gasteiger partial charge in [0.2, 0.25) is 0 Å². The highest BCUT2D eigenvalue weighted by Crippen LogP contribution is 2.16. The maximum Gasteiger partial charge on any atom is -0.00586 e. The van der Waals surface area contributed by atoms with Gasteiger partial charge in [-0.3, -0.25) is 0 Å². The first kappa shape index (κ1) is 27.3. The minimum atomic E-state index is 0.696. The van der Waals surface area contributed by atoms with Gasteiger partial charge in [-0.05, 0) is 85.9 Å². The van der Waals surface area contributed by atoms with E-state index in [0.29, 0.717) is 5.92 Å². The van der Waals surface area contributed by atoms with Crippen molar-refractivity contribution in [1.82, 2.24) is 0 Å². The van der Waals surface area contributed by atoms with E-state index in [9.17, 15) is 0 Å². The monoisotopic (exact) mass is 410 g/mol. The van der Waals surface area contributed by atoms with E-state index in [1.807, 2.05) is 27.7 Å². The van der Waals surface area contributed by atoms with Crippen LogP contribution in [-0.4, -0.2) is 0 Å². The average molecular weight is 411 g/mol. The fraction of sp³-hybridized carbons (Fsp3) is 0.478. The summed E-state index contributed by atoms with van der Waals surface area (Å²) in [6.07, 6.45) is 2.34. The van der Waals surface area contributed by atoms with Crippen molar-refractivity contribution in [2.75, 3.05) is 0 Å². The third kappa shape index (κ3) is 14.3. The van der Waals surface area contributed by atoms with Gasteiger partial charge in [-0.15, -0.1) is 0 Å². The molecule has 148 valence electrons. The lowest BCUT2D eigenvalue weighted by Crippen LogP contribution is -1.79. The van der Waals surface area contributed by atoms with Gasteiger partial charge in [0.25, 0.3) is 0 Å². The highest BCUT2D eigenvalue weighted by Gasteiger charge is 1.95. The molecule has 3 rings (SSSR count). The third-order valence-electron chi connectivity index (χ3n) is 3.19. The molecule has 0 nitrogen and oxygen atoms in total. The maximum atomic E-state index is 2.21. The standard InChI is InChI=1S/C7H10S.2C6H8S.2C2H6/c1-6(2)7-3-4-8-5-7;2*1-2-6-3-4-7-5-6;2*1-2/h3-6H,1-2H3;2*3-5H,2H2,1H3;2*1-2H3. The van der Waals surface area contributed by atoms with Crippen molar-refractivity contribution in [3.8, 4) is 0 Å². The Morgan fingerprint density at radius 1 is 0.654 bits per heavy atom. The minimum Gasteiger partial charge on any atom is -0.152 e. The van der Waals surface area contributed by atoms with Gasteiger partial charge in [-0.2, -0.15) is 34.0 Å². The number of rotatable bonds is 3. The number of aryl methyl sites for hydroxylation is 2. The molecule has 0 radical (unpaired) electrons. The SMILES string of the molecule is CC.CC.CC(C)c1ccsc1.CCc1ccsc1.CCc1ccsc1. The summed E-state index contributed by atoms with van der Waals surface area (Å²) in [5.41, 5.74) is 4.35. The Balaban J connectivity index is 0. The molecule has 0 aliphatic heterocycles. The van der Waals surface area contributed by atoms with Crippen LogP contribution in [0.5, 0.6) is 0 Å². The quantitative estimate of drug-likeness (QED) is 0.403. The summed E-state index contributed by atoms with van der Waals surface area (Å²) in [4.78, 5) is 0. The van der Waals surface area contributed by atoms with Crippen LogP contribution < -0.4 is 0 Å².